The predicted octanol–water partition coefficient (Wildman–Crippen LogP) is 3.87. The monoisotopic (exact) mass is 451 g/mol. The topological polar surface area (TPSA) is 124 Å². The number of alkyl halides is 3. The van der Waals surface area contributed by atoms with Crippen molar-refractivity contribution >= 4 is 38.4 Å². The Kier molecular flexibility index (Phi) is 6.33. The maximum absolute atomic E-state index is 12.4. The number of carboxylic acid groups (broad SMARTS) is 1. The lowest BCUT2D eigenvalue weighted by atomic mass is 10.2. The van der Waals surface area contributed by atoms with Gasteiger partial charge in [0.25, 0.3) is 0 Å². The van der Waals surface area contributed by atoms with Crippen LogP contribution >= 0.6 is 11.3 Å². The average Bonchev–Trinajstić information content (AvgIpc) is 3.11. The summed E-state index contributed by atoms with van der Waals surface area (Å²) >= 11 is 0.886. The van der Waals surface area contributed by atoms with Gasteiger partial charge < -0.3 is 13.7 Å². The van der Waals surface area contributed by atoms with Crippen LogP contribution in [0.15, 0.2) is 38.9 Å². The number of fused-ring (bicyclic) bond motifs is 1. The van der Waals surface area contributed by atoms with Crippen molar-refractivity contribution < 1.29 is 40.1 Å². The van der Waals surface area contributed by atoms with Crippen molar-refractivity contribution in [2.45, 2.75) is 19.4 Å². The van der Waals surface area contributed by atoms with Crippen molar-refractivity contribution in [3.8, 4) is 16.3 Å². The Morgan fingerprint density at radius 3 is 2.45 bits per heavy atom. The van der Waals surface area contributed by atoms with Crippen LogP contribution in [0.2, 0.25) is 0 Å². The zero-order chi connectivity index (χ0) is 22.0. The second-order valence-electron chi connectivity index (χ2n) is 4.97. The van der Waals surface area contributed by atoms with Crippen molar-refractivity contribution in [2.75, 3.05) is 0 Å². The van der Waals surface area contributed by atoms with E-state index in [0.717, 1.165) is 23.5 Å². The number of aromatic nitrogens is 1. The average molecular weight is 451 g/mol. The Hall–Kier alpha value is -2.93. The summed E-state index contributed by atoms with van der Waals surface area (Å²) < 4.78 is 68.1. The minimum Gasteiger partial charge on any atom is -0.476 e. The molecule has 0 amide bonds. The number of carboxylic acids is 1. The van der Waals surface area contributed by atoms with Gasteiger partial charge in [0.2, 0.25) is 0 Å². The van der Waals surface area contributed by atoms with Crippen molar-refractivity contribution in [1.29, 1.82) is 0 Å². The minimum absolute atomic E-state index is 0.0587. The fraction of sp³-hybridized carbons (Fsp3) is 0.188. The molecule has 0 radical (unpaired) electrons. The molecule has 0 unspecified atom stereocenters. The Morgan fingerprint density at radius 2 is 1.90 bits per heavy atom. The third-order valence-electron chi connectivity index (χ3n) is 3.15. The van der Waals surface area contributed by atoms with Crippen molar-refractivity contribution in [3.63, 3.8) is 0 Å². The number of aromatic carboxylic acids is 1. The first-order valence-electron chi connectivity index (χ1n) is 7.76. The number of thiazole rings is 1. The zero-order valence-electron chi connectivity index (χ0n) is 14.7. The van der Waals surface area contributed by atoms with Gasteiger partial charge in [-0.05, 0) is 18.2 Å². The van der Waals surface area contributed by atoms with E-state index in [1.807, 2.05) is 13.8 Å². The Balaban J connectivity index is 0.00000145. The summed E-state index contributed by atoms with van der Waals surface area (Å²) in [4.78, 5) is 26.7. The molecule has 8 nitrogen and oxygen atoms in total. The van der Waals surface area contributed by atoms with Crippen LogP contribution in [0.3, 0.4) is 0 Å². The molecule has 0 spiro atoms. The summed E-state index contributed by atoms with van der Waals surface area (Å²) in [7, 11) is -5.87. The van der Waals surface area contributed by atoms with E-state index >= 15 is 0 Å². The molecular weight excluding hydrogens is 439 g/mol. The molecule has 0 bridgehead atoms. The highest BCUT2D eigenvalue weighted by molar-refractivity contribution is 7.88. The molecule has 0 fully saturated rings. The lowest BCUT2D eigenvalue weighted by Gasteiger charge is -2.09. The van der Waals surface area contributed by atoms with E-state index in [0.29, 0.717) is 0 Å². The summed E-state index contributed by atoms with van der Waals surface area (Å²) in [5.41, 5.74) is -7.11. The molecule has 0 atom stereocenters. The highest BCUT2D eigenvalue weighted by atomic mass is 32.2. The summed E-state index contributed by atoms with van der Waals surface area (Å²) in [5.74, 6) is -1.98. The van der Waals surface area contributed by atoms with Gasteiger partial charge in [-0.15, -0.1) is 11.3 Å². The second-order valence-corrected chi connectivity index (χ2v) is 7.37. The van der Waals surface area contributed by atoms with E-state index in [-0.39, 0.29) is 27.2 Å². The largest absolute Gasteiger partial charge is 0.534 e. The first-order valence-corrected chi connectivity index (χ1v) is 10.0. The Bertz CT molecular complexity index is 1210. The van der Waals surface area contributed by atoms with Gasteiger partial charge >= 0.3 is 27.2 Å². The first-order chi connectivity index (χ1) is 13.5. The van der Waals surface area contributed by atoms with E-state index in [1.165, 1.54) is 17.5 Å². The first kappa shape index (κ1) is 22.4. The van der Waals surface area contributed by atoms with Crippen LogP contribution in [0.1, 0.15) is 24.3 Å². The van der Waals surface area contributed by atoms with Gasteiger partial charge in [-0.3, -0.25) is 0 Å². The van der Waals surface area contributed by atoms with Crippen LogP contribution in [0, 0.1) is 0 Å². The highest BCUT2D eigenvalue weighted by Gasteiger charge is 2.48. The van der Waals surface area contributed by atoms with Gasteiger partial charge in [-0.2, -0.15) is 21.6 Å². The summed E-state index contributed by atoms with van der Waals surface area (Å²) in [6.07, 6.45) is 0. The minimum atomic E-state index is -5.87. The van der Waals surface area contributed by atoms with E-state index in [4.69, 9.17) is 9.52 Å². The number of nitrogens with zero attached hydrogens (tertiary/aromatic N) is 1. The van der Waals surface area contributed by atoms with E-state index < -0.39 is 33.0 Å². The molecule has 3 aromatic rings. The molecule has 13 heteroatoms. The number of benzene rings is 1. The summed E-state index contributed by atoms with van der Waals surface area (Å²) in [6, 6.07) is 4.22. The van der Waals surface area contributed by atoms with Gasteiger partial charge in [0.15, 0.2) is 5.69 Å². The van der Waals surface area contributed by atoms with Gasteiger partial charge in [0, 0.05) is 16.8 Å². The molecule has 29 heavy (non-hydrogen) atoms. The molecule has 0 aliphatic carbocycles. The van der Waals surface area contributed by atoms with Crippen LogP contribution in [-0.4, -0.2) is 30.0 Å². The molecule has 0 aliphatic heterocycles. The fourth-order valence-corrected chi connectivity index (χ4v) is 3.21. The molecule has 1 N–H and O–H groups in total. The molecule has 3 rings (SSSR count). The van der Waals surface area contributed by atoms with Crippen LogP contribution in [-0.2, 0) is 10.1 Å². The van der Waals surface area contributed by atoms with E-state index in [1.54, 1.807) is 0 Å². The predicted molar refractivity (Wildman–Crippen MR) is 97.5 cm³/mol. The Morgan fingerprint density at radius 1 is 1.24 bits per heavy atom. The van der Waals surface area contributed by atoms with Crippen molar-refractivity contribution in [2.24, 2.45) is 0 Å². The Labute approximate surface area is 165 Å². The number of hydrogen-bond donors (Lipinski definition) is 1. The van der Waals surface area contributed by atoms with Gasteiger partial charge in [0.05, 0.1) is 5.56 Å². The van der Waals surface area contributed by atoms with Gasteiger partial charge in [-0.1, -0.05) is 13.8 Å². The van der Waals surface area contributed by atoms with E-state index in [9.17, 15) is 31.2 Å². The molecule has 2 aromatic heterocycles. The van der Waals surface area contributed by atoms with Crippen LogP contribution in [0.25, 0.3) is 21.5 Å². The molecule has 0 saturated heterocycles. The molecule has 0 aliphatic rings. The second kappa shape index (κ2) is 8.21. The molecule has 1 aromatic carbocycles. The van der Waals surface area contributed by atoms with Crippen molar-refractivity contribution in [1.82, 2.24) is 4.98 Å². The lowest BCUT2D eigenvalue weighted by molar-refractivity contribution is -0.0500. The fourth-order valence-electron chi connectivity index (χ4n) is 1.96. The van der Waals surface area contributed by atoms with Crippen molar-refractivity contribution in [3.05, 3.63) is 45.8 Å². The lowest BCUT2D eigenvalue weighted by Crippen LogP contribution is -2.28. The maximum atomic E-state index is 12.4. The third kappa shape index (κ3) is 4.74. The number of halogens is 3. The number of rotatable bonds is 4. The van der Waals surface area contributed by atoms with Crippen LogP contribution in [0.4, 0.5) is 13.2 Å². The third-order valence-corrected chi connectivity index (χ3v) is 5.00. The number of hydrogen-bond acceptors (Lipinski definition) is 8. The molecule has 156 valence electrons. The van der Waals surface area contributed by atoms with Gasteiger partial charge in [0.1, 0.15) is 16.3 Å². The van der Waals surface area contributed by atoms with Crippen LogP contribution in [0.5, 0.6) is 5.75 Å². The standard InChI is InChI=1S/C14H6F3NO7S2.C2H6/c15-14(16,17)27(22,23)25-7-2-1-6-3-8(13(21)24-10(6)4-7)11-18-9(5-26-11)12(19)20;1-2/h1-5H,(H,19,20);1-2H3. The summed E-state index contributed by atoms with van der Waals surface area (Å²) in [6.45, 7) is 4.00. The molecular formula is C16H12F3NO7S2. The smallest absolute Gasteiger partial charge is 0.476 e. The highest BCUT2D eigenvalue weighted by Crippen LogP contribution is 2.30. The normalized spacial score (nSPS) is 11.6. The van der Waals surface area contributed by atoms with Crippen LogP contribution < -0.4 is 9.81 Å². The zero-order valence-corrected chi connectivity index (χ0v) is 16.3. The maximum Gasteiger partial charge on any atom is 0.534 e. The SMILES string of the molecule is CC.O=C(O)c1csc(-c2cc3ccc(OS(=O)(=O)C(F)(F)F)cc3oc2=O)n1. The van der Waals surface area contributed by atoms with Gasteiger partial charge in [-0.25, -0.2) is 14.6 Å². The quantitative estimate of drug-likeness (QED) is 0.360. The summed E-state index contributed by atoms with van der Waals surface area (Å²) in [5, 5.41) is 10.4. The number of carbonyl (C=O) groups is 1. The van der Waals surface area contributed by atoms with E-state index in [2.05, 4.69) is 9.17 Å². The molecule has 2 heterocycles. The molecule has 0 saturated carbocycles.